The first-order chi connectivity index (χ1) is 7.92. The van der Waals surface area contributed by atoms with Crippen molar-refractivity contribution in [3.63, 3.8) is 0 Å². The van der Waals surface area contributed by atoms with E-state index < -0.39 is 0 Å². The van der Waals surface area contributed by atoms with Gasteiger partial charge in [0.2, 0.25) is 0 Å². The van der Waals surface area contributed by atoms with Crippen LogP contribution in [0.5, 0.6) is 0 Å². The van der Waals surface area contributed by atoms with Gasteiger partial charge in [-0.1, -0.05) is 73.2 Å². The van der Waals surface area contributed by atoms with Crippen LogP contribution >= 0.6 is 0 Å². The Morgan fingerprint density at radius 3 is 1.59 bits per heavy atom. The Bertz CT molecular complexity index is 448. The van der Waals surface area contributed by atoms with Crippen LogP contribution in [0.2, 0.25) is 0 Å². The number of nitrogens with zero attached hydrogens (tertiary/aromatic N) is 3. The van der Waals surface area contributed by atoms with Gasteiger partial charge in [0.05, 0.1) is 6.04 Å². The van der Waals surface area contributed by atoms with Gasteiger partial charge in [-0.15, -0.1) is 0 Å². The van der Waals surface area contributed by atoms with Gasteiger partial charge in [0.15, 0.2) is 0 Å². The summed E-state index contributed by atoms with van der Waals surface area (Å²) >= 11 is 0. The molecule has 86 valence electrons. The second-order valence-corrected chi connectivity index (χ2v) is 3.43. The molecule has 0 aliphatic heterocycles. The highest BCUT2D eigenvalue weighted by atomic mass is 15.1. The average Bonchev–Trinajstić information content (AvgIpc) is 2.38. The van der Waals surface area contributed by atoms with Crippen LogP contribution in [0.3, 0.4) is 0 Å². The predicted octanol–water partition coefficient (Wildman–Crippen LogP) is 4.72. The lowest BCUT2D eigenvalue weighted by atomic mass is 10.00. The van der Waals surface area contributed by atoms with Crippen molar-refractivity contribution < 1.29 is 0 Å². The van der Waals surface area contributed by atoms with Crippen molar-refractivity contribution >= 4 is 0 Å². The summed E-state index contributed by atoms with van der Waals surface area (Å²) in [5, 5.41) is 3.85. The smallest absolute Gasteiger partial charge is 0.0812 e. The fourth-order valence-corrected chi connectivity index (χ4v) is 1.65. The lowest BCUT2D eigenvalue weighted by Gasteiger charge is -2.11. The SMILES string of the molecule is C.[N-]=[N+]=NC(c1ccccc1)c1ccccc1. The molecule has 0 aromatic heterocycles. The monoisotopic (exact) mass is 225 g/mol. The molecule has 0 saturated carbocycles. The van der Waals surface area contributed by atoms with E-state index in [0.29, 0.717) is 0 Å². The number of rotatable bonds is 3. The maximum absolute atomic E-state index is 8.62. The third-order valence-corrected chi connectivity index (χ3v) is 2.40. The van der Waals surface area contributed by atoms with Crippen LogP contribution in [-0.4, -0.2) is 0 Å². The molecule has 3 heteroatoms. The number of hydrogen-bond donors (Lipinski definition) is 0. The number of azide groups is 1. The van der Waals surface area contributed by atoms with Gasteiger partial charge in [0, 0.05) is 4.91 Å². The van der Waals surface area contributed by atoms with Crippen LogP contribution < -0.4 is 0 Å². The summed E-state index contributed by atoms with van der Waals surface area (Å²) in [4.78, 5) is 2.91. The van der Waals surface area contributed by atoms with Crippen LogP contribution in [0, 0.1) is 0 Å². The Hall–Kier alpha value is -2.25. The van der Waals surface area contributed by atoms with Crippen molar-refractivity contribution in [2.24, 2.45) is 5.11 Å². The summed E-state index contributed by atoms with van der Waals surface area (Å²) in [7, 11) is 0. The van der Waals surface area contributed by atoms with Gasteiger partial charge in [-0.3, -0.25) is 0 Å². The average molecular weight is 225 g/mol. The van der Waals surface area contributed by atoms with Crippen molar-refractivity contribution in [1.82, 2.24) is 0 Å². The van der Waals surface area contributed by atoms with E-state index in [2.05, 4.69) is 10.0 Å². The van der Waals surface area contributed by atoms with Crippen molar-refractivity contribution in [2.45, 2.75) is 13.5 Å². The summed E-state index contributed by atoms with van der Waals surface area (Å²) < 4.78 is 0. The predicted molar refractivity (Wildman–Crippen MR) is 70.6 cm³/mol. The molecule has 0 heterocycles. The zero-order valence-electron chi connectivity index (χ0n) is 8.69. The summed E-state index contributed by atoms with van der Waals surface area (Å²) in [5.74, 6) is 0. The van der Waals surface area contributed by atoms with Gasteiger partial charge < -0.3 is 0 Å². The Morgan fingerprint density at radius 1 is 0.824 bits per heavy atom. The second kappa shape index (κ2) is 6.36. The summed E-state index contributed by atoms with van der Waals surface area (Å²) in [5.41, 5.74) is 10.6. The fraction of sp³-hybridized carbons (Fsp3) is 0.143. The zero-order chi connectivity index (χ0) is 11.2. The molecule has 0 atom stereocenters. The van der Waals surface area contributed by atoms with Crippen LogP contribution in [0.1, 0.15) is 24.6 Å². The third-order valence-electron chi connectivity index (χ3n) is 2.40. The van der Waals surface area contributed by atoms with E-state index in [1.165, 1.54) is 0 Å². The standard InChI is InChI=1S/C13H11N3.CH4/c14-16-15-13(11-7-3-1-4-8-11)12-9-5-2-6-10-12;/h1-10,13H;1H4. The molecular weight excluding hydrogens is 210 g/mol. The van der Waals surface area contributed by atoms with Crippen LogP contribution in [0.4, 0.5) is 0 Å². The normalized spacial score (nSPS) is 9.24. The molecule has 17 heavy (non-hydrogen) atoms. The summed E-state index contributed by atoms with van der Waals surface area (Å²) in [6, 6.07) is 19.3. The van der Waals surface area contributed by atoms with Gasteiger partial charge in [-0.25, -0.2) is 0 Å². The molecule has 0 radical (unpaired) electrons. The van der Waals surface area contributed by atoms with Gasteiger partial charge >= 0.3 is 0 Å². The van der Waals surface area contributed by atoms with E-state index in [1.807, 2.05) is 60.7 Å². The second-order valence-electron chi connectivity index (χ2n) is 3.43. The fourth-order valence-electron chi connectivity index (χ4n) is 1.65. The topological polar surface area (TPSA) is 48.8 Å². The molecule has 0 fully saturated rings. The van der Waals surface area contributed by atoms with Crippen molar-refractivity contribution in [3.05, 3.63) is 82.2 Å². The lowest BCUT2D eigenvalue weighted by Crippen LogP contribution is -1.96. The molecule has 0 bridgehead atoms. The first-order valence-electron chi connectivity index (χ1n) is 5.06. The summed E-state index contributed by atoms with van der Waals surface area (Å²) in [6.45, 7) is 0. The molecule has 0 amide bonds. The first kappa shape index (κ1) is 12.8. The van der Waals surface area contributed by atoms with E-state index in [9.17, 15) is 0 Å². The number of benzene rings is 2. The molecule has 2 aromatic rings. The van der Waals surface area contributed by atoms with Crippen molar-refractivity contribution in [3.8, 4) is 0 Å². The van der Waals surface area contributed by atoms with Gasteiger partial charge in [0.25, 0.3) is 0 Å². The molecular formula is C14H15N3. The highest BCUT2D eigenvalue weighted by Crippen LogP contribution is 2.25. The minimum absolute atomic E-state index is 0. The highest BCUT2D eigenvalue weighted by molar-refractivity contribution is 5.31. The quantitative estimate of drug-likeness (QED) is 0.412. The maximum atomic E-state index is 8.62. The molecule has 2 aromatic carbocycles. The van der Waals surface area contributed by atoms with Gasteiger partial charge in [-0.2, -0.15) is 0 Å². The Balaban J connectivity index is 0.00000144. The third kappa shape index (κ3) is 3.10. The Kier molecular flexibility index (Phi) is 4.79. The largest absolute Gasteiger partial charge is 0.0876 e. The minimum atomic E-state index is -0.243. The van der Waals surface area contributed by atoms with E-state index in [4.69, 9.17) is 5.53 Å². The first-order valence-corrected chi connectivity index (χ1v) is 5.06. The van der Waals surface area contributed by atoms with E-state index in [0.717, 1.165) is 11.1 Å². The van der Waals surface area contributed by atoms with Crippen LogP contribution in [-0.2, 0) is 0 Å². The van der Waals surface area contributed by atoms with E-state index in [1.54, 1.807) is 0 Å². The minimum Gasteiger partial charge on any atom is -0.0812 e. The van der Waals surface area contributed by atoms with E-state index in [-0.39, 0.29) is 13.5 Å². The molecule has 0 N–H and O–H groups in total. The molecule has 2 rings (SSSR count). The molecule has 0 saturated heterocycles. The van der Waals surface area contributed by atoms with Crippen LogP contribution in [0.15, 0.2) is 65.8 Å². The molecule has 0 aliphatic rings. The van der Waals surface area contributed by atoms with Gasteiger partial charge in [0.1, 0.15) is 0 Å². The molecule has 0 aliphatic carbocycles. The Morgan fingerprint density at radius 2 is 1.24 bits per heavy atom. The summed E-state index contributed by atoms with van der Waals surface area (Å²) in [6.07, 6.45) is 0. The molecule has 0 spiro atoms. The number of hydrogen-bond acceptors (Lipinski definition) is 1. The zero-order valence-corrected chi connectivity index (χ0v) is 8.69. The van der Waals surface area contributed by atoms with Gasteiger partial charge in [-0.05, 0) is 16.7 Å². The maximum Gasteiger partial charge on any atom is 0.0876 e. The van der Waals surface area contributed by atoms with Crippen molar-refractivity contribution in [1.29, 1.82) is 0 Å². The van der Waals surface area contributed by atoms with E-state index >= 15 is 0 Å². The highest BCUT2D eigenvalue weighted by Gasteiger charge is 2.10. The molecule has 0 unspecified atom stereocenters. The van der Waals surface area contributed by atoms with Crippen molar-refractivity contribution in [2.75, 3.05) is 0 Å². The van der Waals surface area contributed by atoms with Crippen LogP contribution in [0.25, 0.3) is 10.4 Å². The lowest BCUT2D eigenvalue weighted by molar-refractivity contribution is 0.859. The Labute approximate surface area is 101 Å². The molecule has 3 nitrogen and oxygen atoms in total.